The first kappa shape index (κ1) is 13.2. The van der Waals surface area contributed by atoms with Crippen molar-refractivity contribution in [1.82, 2.24) is 5.32 Å². The molecule has 1 aliphatic rings. The second-order valence-corrected chi connectivity index (χ2v) is 4.26. The van der Waals surface area contributed by atoms with Gasteiger partial charge in [0.2, 0.25) is 0 Å². The van der Waals surface area contributed by atoms with Crippen molar-refractivity contribution < 1.29 is 14.3 Å². The maximum Gasteiger partial charge on any atom is 0.341 e. The minimum absolute atomic E-state index is 0.0936. The molecule has 0 radical (unpaired) electrons. The highest BCUT2D eigenvalue weighted by Gasteiger charge is 2.23. The Kier molecular flexibility index (Phi) is 4.99. The van der Waals surface area contributed by atoms with Gasteiger partial charge >= 0.3 is 5.97 Å². The molecule has 0 amide bonds. The summed E-state index contributed by atoms with van der Waals surface area (Å²) in [4.78, 5) is 22.2. The molecule has 1 aliphatic heterocycles. The van der Waals surface area contributed by atoms with Crippen LogP contribution in [0.5, 0.6) is 0 Å². The van der Waals surface area contributed by atoms with E-state index in [0.29, 0.717) is 9.81 Å². The smallest absolute Gasteiger partial charge is 0.341 e. The molecule has 0 spiro atoms. The zero-order chi connectivity index (χ0) is 12.1. The van der Waals surface area contributed by atoms with Gasteiger partial charge in [0, 0.05) is 15.5 Å². The molecule has 0 saturated carbocycles. The quantitative estimate of drug-likeness (QED) is 0.479. The van der Waals surface area contributed by atoms with Gasteiger partial charge in [0.05, 0.1) is 12.2 Å². The topological polar surface area (TPSA) is 55.4 Å². The van der Waals surface area contributed by atoms with E-state index in [4.69, 9.17) is 4.74 Å². The lowest BCUT2D eigenvalue weighted by molar-refractivity contribution is -0.138. The number of alkyl halides is 1. The summed E-state index contributed by atoms with van der Waals surface area (Å²) in [6, 6.07) is 0. The van der Waals surface area contributed by atoms with Gasteiger partial charge in [-0.3, -0.25) is 0 Å². The van der Waals surface area contributed by atoms with Crippen molar-refractivity contribution in [2.45, 2.75) is 6.92 Å². The monoisotopic (exact) mass is 349 g/mol. The van der Waals surface area contributed by atoms with E-state index in [1.165, 1.54) is 0 Å². The molecule has 6 heteroatoms. The fourth-order valence-corrected chi connectivity index (χ4v) is 2.40. The summed E-state index contributed by atoms with van der Waals surface area (Å²) in [6.45, 7) is 1.96. The van der Waals surface area contributed by atoms with E-state index in [2.05, 4.69) is 37.2 Å². The molecule has 0 atom stereocenters. The molecular weight excluding hydrogens is 342 g/mol. The third-order valence-electron chi connectivity index (χ3n) is 1.84. The fourth-order valence-electron chi connectivity index (χ4n) is 1.11. The minimum Gasteiger partial charge on any atom is -0.462 e. The van der Waals surface area contributed by atoms with Gasteiger partial charge in [-0.2, -0.15) is 0 Å². The Morgan fingerprint density at radius 2 is 2.31 bits per heavy atom. The van der Waals surface area contributed by atoms with Crippen molar-refractivity contribution in [2.24, 2.45) is 0 Å². The molecule has 4 nitrogen and oxygen atoms in total. The van der Waals surface area contributed by atoms with Gasteiger partial charge in [0.25, 0.3) is 0 Å². The van der Waals surface area contributed by atoms with Crippen molar-refractivity contribution >= 4 is 43.8 Å². The highest BCUT2D eigenvalue weighted by molar-refractivity contribution is 9.12. The van der Waals surface area contributed by atoms with Crippen molar-refractivity contribution in [3.8, 4) is 0 Å². The van der Waals surface area contributed by atoms with Crippen LogP contribution < -0.4 is 5.32 Å². The van der Waals surface area contributed by atoms with Gasteiger partial charge in [-0.1, -0.05) is 15.9 Å². The van der Waals surface area contributed by atoms with Crippen molar-refractivity contribution in [2.75, 3.05) is 11.9 Å². The van der Waals surface area contributed by atoms with E-state index in [1.807, 2.05) is 0 Å². The summed E-state index contributed by atoms with van der Waals surface area (Å²) in [5, 5.41) is 3.33. The van der Waals surface area contributed by atoms with Gasteiger partial charge in [-0.15, -0.1) is 0 Å². The van der Waals surface area contributed by atoms with E-state index in [1.54, 1.807) is 18.9 Å². The summed E-state index contributed by atoms with van der Waals surface area (Å²) in [6.07, 6.45) is 1.55. The molecule has 0 aromatic heterocycles. The first-order valence-electron chi connectivity index (χ1n) is 4.50. The lowest BCUT2D eigenvalue weighted by Gasteiger charge is -2.17. The zero-order valence-electron chi connectivity index (χ0n) is 8.47. The van der Waals surface area contributed by atoms with Crippen LogP contribution in [0.4, 0.5) is 0 Å². The normalized spacial score (nSPS) is 15.2. The van der Waals surface area contributed by atoms with Crippen LogP contribution in [-0.2, 0) is 14.3 Å². The number of dihydropyridines is 1. The largest absolute Gasteiger partial charge is 0.462 e. The van der Waals surface area contributed by atoms with Crippen molar-refractivity contribution in [3.63, 3.8) is 0 Å². The number of hydrogen-bond donors (Lipinski definition) is 1. The number of allylic oxidation sites excluding steroid dienone is 3. The molecule has 1 heterocycles. The van der Waals surface area contributed by atoms with Gasteiger partial charge in [0.15, 0.2) is 5.94 Å². The molecule has 0 unspecified atom stereocenters. The highest BCUT2D eigenvalue weighted by Crippen LogP contribution is 2.24. The maximum atomic E-state index is 11.5. The summed E-state index contributed by atoms with van der Waals surface area (Å²) in [7, 11) is 0. The molecule has 0 aromatic rings. The number of rotatable bonds is 3. The average molecular weight is 351 g/mol. The van der Waals surface area contributed by atoms with Crippen molar-refractivity contribution in [1.29, 1.82) is 0 Å². The molecule has 16 heavy (non-hydrogen) atoms. The first-order valence-corrected chi connectivity index (χ1v) is 6.41. The second-order valence-electron chi connectivity index (χ2n) is 2.84. The summed E-state index contributed by atoms with van der Waals surface area (Å²) in [5.74, 6) is 1.15. The SMILES string of the molecule is CCOC(=O)C1=CC(Br)=C(CBr)NC1=C=O. The Labute approximate surface area is 110 Å². The summed E-state index contributed by atoms with van der Waals surface area (Å²) < 4.78 is 5.53. The van der Waals surface area contributed by atoms with Crippen LogP contribution in [0, 0.1) is 0 Å². The van der Waals surface area contributed by atoms with E-state index in [9.17, 15) is 9.59 Å². The lowest BCUT2D eigenvalue weighted by atomic mass is 10.1. The number of carbonyl (C=O) groups is 1. The Hall–Kier alpha value is -0.840. The van der Waals surface area contributed by atoms with E-state index >= 15 is 0 Å². The molecule has 0 saturated heterocycles. The molecule has 0 aromatic carbocycles. The summed E-state index contributed by atoms with van der Waals surface area (Å²) in [5.41, 5.74) is 1.02. The Balaban J connectivity index is 3.10. The molecular formula is C10H9Br2NO3. The number of halogens is 2. The number of hydrogen-bond acceptors (Lipinski definition) is 4. The van der Waals surface area contributed by atoms with E-state index in [-0.39, 0.29) is 17.9 Å². The van der Waals surface area contributed by atoms with Gasteiger partial charge in [-0.25, -0.2) is 9.59 Å². The number of esters is 1. The average Bonchev–Trinajstić information content (AvgIpc) is 2.29. The molecule has 0 aliphatic carbocycles. The van der Waals surface area contributed by atoms with Gasteiger partial charge in [-0.05, 0) is 28.9 Å². The van der Waals surface area contributed by atoms with Gasteiger partial charge < -0.3 is 10.1 Å². The van der Waals surface area contributed by atoms with Crippen LogP contribution in [0.2, 0.25) is 0 Å². The van der Waals surface area contributed by atoms with Crippen LogP contribution in [0.15, 0.2) is 27.5 Å². The highest BCUT2D eigenvalue weighted by atomic mass is 79.9. The van der Waals surface area contributed by atoms with E-state index in [0.717, 1.165) is 5.70 Å². The van der Waals surface area contributed by atoms with Crippen LogP contribution in [0.3, 0.4) is 0 Å². The van der Waals surface area contributed by atoms with Crippen LogP contribution in [0.25, 0.3) is 0 Å². The predicted octanol–water partition coefficient (Wildman–Crippen LogP) is 1.80. The van der Waals surface area contributed by atoms with Crippen LogP contribution in [0.1, 0.15) is 6.92 Å². The first-order chi connectivity index (χ1) is 7.63. The Morgan fingerprint density at radius 1 is 1.62 bits per heavy atom. The van der Waals surface area contributed by atoms with E-state index < -0.39 is 5.97 Å². The van der Waals surface area contributed by atoms with Gasteiger partial charge in [0.1, 0.15) is 5.70 Å². The molecule has 1 rings (SSSR count). The fraction of sp³-hybridized carbons (Fsp3) is 0.300. The maximum absolute atomic E-state index is 11.5. The number of carbonyl (C=O) groups excluding carboxylic acids is 2. The molecule has 0 fully saturated rings. The van der Waals surface area contributed by atoms with Crippen molar-refractivity contribution in [3.05, 3.63) is 27.5 Å². The van der Waals surface area contributed by atoms with Crippen LogP contribution in [-0.4, -0.2) is 23.8 Å². The standard InChI is InChI=1S/C10H9Br2NO3/c1-2-16-10(15)6-3-7(12)8(4-11)13-9(6)5-14/h3,13H,2,4H2,1H3. The number of ether oxygens (including phenoxy) is 1. The minimum atomic E-state index is -0.543. The third kappa shape index (κ3) is 2.84. The number of nitrogens with one attached hydrogen (secondary N) is 1. The molecule has 1 N–H and O–H groups in total. The van der Waals surface area contributed by atoms with Crippen LogP contribution >= 0.6 is 31.9 Å². The lowest BCUT2D eigenvalue weighted by Crippen LogP contribution is -2.25. The Bertz CT molecular complexity index is 420. The third-order valence-corrected chi connectivity index (χ3v) is 3.10. The summed E-state index contributed by atoms with van der Waals surface area (Å²) >= 11 is 6.55. The predicted molar refractivity (Wildman–Crippen MR) is 66.8 cm³/mol. The second kappa shape index (κ2) is 6.03. The Morgan fingerprint density at radius 3 is 2.81 bits per heavy atom. The zero-order valence-corrected chi connectivity index (χ0v) is 11.6. The molecule has 0 bridgehead atoms. The molecule has 86 valence electrons.